The van der Waals surface area contributed by atoms with E-state index in [1.807, 2.05) is 0 Å². The fourth-order valence-corrected chi connectivity index (χ4v) is 1.59. The zero-order valence-electron chi connectivity index (χ0n) is 9.71. The van der Waals surface area contributed by atoms with E-state index in [-0.39, 0.29) is 11.4 Å². The zero-order chi connectivity index (χ0) is 13.1. The zero-order valence-corrected chi connectivity index (χ0v) is 9.71. The first kappa shape index (κ1) is 12.2. The fraction of sp³-hybridized carbons (Fsp3) is 0.0714. The van der Waals surface area contributed by atoms with Gasteiger partial charge in [0.05, 0.1) is 0 Å². The number of nitrogens with one attached hydrogen (secondary N) is 1. The van der Waals surface area contributed by atoms with Crippen LogP contribution in [0.25, 0.3) is 0 Å². The summed E-state index contributed by atoms with van der Waals surface area (Å²) >= 11 is 0. The van der Waals surface area contributed by atoms with Gasteiger partial charge in [0.25, 0.3) is 5.91 Å². The lowest BCUT2D eigenvalue weighted by atomic mass is 10.1. The van der Waals surface area contributed by atoms with Crippen molar-refractivity contribution in [3.8, 4) is 0 Å². The molecule has 18 heavy (non-hydrogen) atoms. The van der Waals surface area contributed by atoms with Gasteiger partial charge in [-0.05, 0) is 48.9 Å². The second-order valence-electron chi connectivity index (χ2n) is 3.92. The van der Waals surface area contributed by atoms with Crippen molar-refractivity contribution in [3.63, 3.8) is 0 Å². The van der Waals surface area contributed by atoms with Gasteiger partial charge in [0.1, 0.15) is 11.6 Å². The molecule has 0 bridgehead atoms. The van der Waals surface area contributed by atoms with Crippen molar-refractivity contribution in [1.82, 2.24) is 0 Å². The first-order valence-corrected chi connectivity index (χ1v) is 5.39. The van der Waals surface area contributed by atoms with Gasteiger partial charge >= 0.3 is 0 Å². The minimum atomic E-state index is -0.474. The molecule has 2 aromatic carbocycles. The van der Waals surface area contributed by atoms with Crippen LogP contribution in [0.3, 0.4) is 0 Å². The van der Waals surface area contributed by atoms with Crippen molar-refractivity contribution >= 4 is 11.6 Å². The minimum absolute atomic E-state index is 0.221. The van der Waals surface area contributed by atoms with Gasteiger partial charge in [-0.15, -0.1) is 0 Å². The van der Waals surface area contributed by atoms with Crippen molar-refractivity contribution in [1.29, 1.82) is 0 Å². The third kappa shape index (κ3) is 2.71. The van der Waals surface area contributed by atoms with Crippen LogP contribution >= 0.6 is 0 Å². The molecule has 0 spiro atoms. The van der Waals surface area contributed by atoms with E-state index in [4.69, 9.17) is 0 Å². The Bertz CT molecular complexity index is 596. The molecule has 0 aliphatic carbocycles. The Morgan fingerprint density at radius 1 is 1.06 bits per heavy atom. The number of anilines is 1. The van der Waals surface area contributed by atoms with Crippen LogP contribution in [0.4, 0.5) is 14.5 Å². The monoisotopic (exact) mass is 247 g/mol. The Labute approximate surface area is 103 Å². The lowest BCUT2D eigenvalue weighted by Crippen LogP contribution is -2.13. The highest BCUT2D eigenvalue weighted by Gasteiger charge is 2.08. The van der Waals surface area contributed by atoms with Gasteiger partial charge in [-0.25, -0.2) is 8.78 Å². The third-order valence-electron chi connectivity index (χ3n) is 2.52. The number of carbonyl (C=O) groups is 1. The predicted molar refractivity (Wildman–Crippen MR) is 65.5 cm³/mol. The van der Waals surface area contributed by atoms with Crippen molar-refractivity contribution in [2.24, 2.45) is 0 Å². The van der Waals surface area contributed by atoms with Crippen molar-refractivity contribution in [3.05, 3.63) is 65.2 Å². The number of amides is 1. The summed E-state index contributed by atoms with van der Waals surface area (Å²) in [5.74, 6) is -1.26. The van der Waals surface area contributed by atoms with Crippen LogP contribution in [-0.2, 0) is 0 Å². The Balaban J connectivity index is 2.21. The second kappa shape index (κ2) is 4.96. The highest BCUT2D eigenvalue weighted by molar-refractivity contribution is 6.04. The Hall–Kier alpha value is -2.23. The summed E-state index contributed by atoms with van der Waals surface area (Å²) in [7, 11) is 0. The molecule has 1 N–H and O–H groups in total. The number of halogens is 2. The van der Waals surface area contributed by atoms with E-state index in [0.29, 0.717) is 11.3 Å². The van der Waals surface area contributed by atoms with Gasteiger partial charge in [-0.3, -0.25) is 4.79 Å². The van der Waals surface area contributed by atoms with Crippen LogP contribution < -0.4 is 5.32 Å². The molecule has 0 saturated heterocycles. The van der Waals surface area contributed by atoms with Crippen LogP contribution in [0.1, 0.15) is 15.9 Å². The van der Waals surface area contributed by atoms with E-state index in [1.54, 1.807) is 6.92 Å². The molecular weight excluding hydrogens is 236 g/mol. The summed E-state index contributed by atoms with van der Waals surface area (Å²) in [5, 5.41) is 2.61. The first-order chi connectivity index (χ1) is 8.56. The molecule has 0 atom stereocenters. The molecule has 0 aromatic heterocycles. The summed E-state index contributed by atoms with van der Waals surface area (Å²) in [6.45, 7) is 1.68. The SMILES string of the molecule is Cc1cc(F)ccc1NC(=O)c1cccc(F)c1. The molecule has 0 saturated carbocycles. The highest BCUT2D eigenvalue weighted by atomic mass is 19.1. The lowest BCUT2D eigenvalue weighted by Gasteiger charge is -2.08. The van der Waals surface area contributed by atoms with Gasteiger partial charge in [0, 0.05) is 11.3 Å². The molecule has 92 valence electrons. The van der Waals surface area contributed by atoms with E-state index in [9.17, 15) is 13.6 Å². The fourth-order valence-electron chi connectivity index (χ4n) is 1.59. The maximum absolute atomic E-state index is 13.0. The quantitative estimate of drug-likeness (QED) is 0.864. The van der Waals surface area contributed by atoms with Gasteiger partial charge in [0.2, 0.25) is 0 Å². The van der Waals surface area contributed by atoms with E-state index >= 15 is 0 Å². The number of carbonyl (C=O) groups excluding carboxylic acids is 1. The highest BCUT2D eigenvalue weighted by Crippen LogP contribution is 2.17. The summed E-state index contributed by atoms with van der Waals surface area (Å²) in [6.07, 6.45) is 0. The van der Waals surface area contributed by atoms with Gasteiger partial charge < -0.3 is 5.32 Å². The van der Waals surface area contributed by atoms with Gasteiger partial charge in [0.15, 0.2) is 0 Å². The Morgan fingerprint density at radius 3 is 2.44 bits per heavy atom. The topological polar surface area (TPSA) is 29.1 Å². The van der Waals surface area contributed by atoms with Crippen LogP contribution in [0.2, 0.25) is 0 Å². The largest absolute Gasteiger partial charge is 0.322 e. The maximum atomic E-state index is 13.0. The number of hydrogen-bond acceptors (Lipinski definition) is 1. The summed E-state index contributed by atoms with van der Waals surface area (Å²) in [4.78, 5) is 11.8. The molecule has 2 rings (SSSR count). The maximum Gasteiger partial charge on any atom is 0.255 e. The summed E-state index contributed by atoms with van der Waals surface area (Å²) in [6, 6.07) is 9.43. The predicted octanol–water partition coefficient (Wildman–Crippen LogP) is 3.53. The van der Waals surface area contributed by atoms with E-state index in [1.165, 1.54) is 36.4 Å². The summed E-state index contributed by atoms with van der Waals surface area (Å²) < 4.78 is 25.9. The summed E-state index contributed by atoms with van der Waals surface area (Å²) in [5.41, 5.74) is 1.34. The van der Waals surface area contributed by atoms with Crippen molar-refractivity contribution in [2.75, 3.05) is 5.32 Å². The molecule has 0 aliphatic heterocycles. The van der Waals surface area contributed by atoms with Gasteiger partial charge in [-0.1, -0.05) is 6.07 Å². The average Bonchev–Trinajstić information content (AvgIpc) is 2.32. The molecule has 2 aromatic rings. The van der Waals surface area contributed by atoms with E-state index in [0.717, 1.165) is 6.07 Å². The molecule has 0 aliphatic rings. The molecule has 0 fully saturated rings. The van der Waals surface area contributed by atoms with Gasteiger partial charge in [-0.2, -0.15) is 0 Å². The molecular formula is C14H11F2NO. The van der Waals surface area contributed by atoms with E-state index in [2.05, 4.69) is 5.32 Å². The number of aryl methyl sites for hydroxylation is 1. The van der Waals surface area contributed by atoms with Crippen LogP contribution in [0.15, 0.2) is 42.5 Å². The standard InChI is InChI=1S/C14H11F2NO/c1-9-7-12(16)5-6-13(9)17-14(18)10-3-2-4-11(15)8-10/h2-8H,1H3,(H,17,18). The van der Waals surface area contributed by atoms with Crippen LogP contribution in [-0.4, -0.2) is 5.91 Å². The molecule has 4 heteroatoms. The molecule has 1 amide bonds. The third-order valence-corrected chi connectivity index (χ3v) is 2.52. The normalized spacial score (nSPS) is 10.2. The smallest absolute Gasteiger partial charge is 0.255 e. The number of benzene rings is 2. The second-order valence-corrected chi connectivity index (χ2v) is 3.92. The Morgan fingerprint density at radius 2 is 1.78 bits per heavy atom. The molecule has 2 nitrogen and oxygen atoms in total. The van der Waals surface area contributed by atoms with Crippen molar-refractivity contribution < 1.29 is 13.6 Å². The lowest BCUT2D eigenvalue weighted by molar-refractivity contribution is 0.102. The van der Waals surface area contributed by atoms with Crippen LogP contribution in [0, 0.1) is 18.6 Å². The first-order valence-electron chi connectivity index (χ1n) is 5.39. The van der Waals surface area contributed by atoms with E-state index < -0.39 is 11.7 Å². The van der Waals surface area contributed by atoms with Crippen molar-refractivity contribution in [2.45, 2.75) is 6.92 Å². The molecule has 0 heterocycles. The average molecular weight is 247 g/mol. The number of rotatable bonds is 2. The minimum Gasteiger partial charge on any atom is -0.322 e. The Kier molecular flexibility index (Phi) is 3.37. The van der Waals surface area contributed by atoms with Crippen LogP contribution in [0.5, 0.6) is 0 Å². The molecule has 0 unspecified atom stereocenters. The number of hydrogen-bond donors (Lipinski definition) is 1. The molecule has 0 radical (unpaired) electrons.